The summed E-state index contributed by atoms with van der Waals surface area (Å²) < 4.78 is 0. The number of benzene rings is 1. The molecule has 0 radical (unpaired) electrons. The second-order valence-electron chi connectivity index (χ2n) is 2.77. The summed E-state index contributed by atoms with van der Waals surface area (Å²) >= 11 is 0. The van der Waals surface area contributed by atoms with Gasteiger partial charge in [-0.25, -0.2) is 0 Å². The smallest absolute Gasteiger partial charge is 0.138 e. The van der Waals surface area contributed by atoms with E-state index in [1.807, 2.05) is 13.0 Å². The molecule has 3 heteroatoms. The highest BCUT2D eigenvalue weighted by Gasteiger charge is 1.95. The first kappa shape index (κ1) is 9.32. The van der Waals surface area contributed by atoms with Crippen LogP contribution in [0.1, 0.15) is 12.5 Å². The topological polar surface area (TPSA) is 52.2 Å². The van der Waals surface area contributed by atoms with Crippen molar-refractivity contribution >= 4 is 17.4 Å². The van der Waals surface area contributed by atoms with Crippen LogP contribution in [-0.4, -0.2) is 6.09 Å². The van der Waals surface area contributed by atoms with Crippen molar-refractivity contribution in [2.24, 2.45) is 0 Å². The Morgan fingerprint density at radius 2 is 2.23 bits per heavy atom. The molecule has 0 atom stereocenters. The maximum absolute atomic E-state index is 10.2. The van der Waals surface area contributed by atoms with Crippen LogP contribution in [-0.2, 0) is 0 Å². The first-order valence-corrected chi connectivity index (χ1v) is 3.83. The van der Waals surface area contributed by atoms with Crippen LogP contribution in [0.25, 0.3) is 5.57 Å². The van der Waals surface area contributed by atoms with Gasteiger partial charge >= 0.3 is 0 Å². The van der Waals surface area contributed by atoms with Crippen molar-refractivity contribution in [2.45, 2.75) is 6.92 Å². The summed E-state index contributed by atoms with van der Waals surface area (Å²) in [4.78, 5) is 10.2. The molecule has 1 N–H and O–H groups in total. The van der Waals surface area contributed by atoms with Gasteiger partial charge in [-0.1, -0.05) is 24.3 Å². The Hall–Kier alpha value is -1.77. The molecule has 0 aliphatic carbocycles. The number of hydrogen-bond donors (Lipinski definition) is 1. The van der Waals surface area contributed by atoms with Crippen molar-refractivity contribution in [2.75, 3.05) is 5.32 Å². The van der Waals surface area contributed by atoms with Crippen LogP contribution in [0.2, 0.25) is 0 Å². The minimum absolute atomic E-state index is 0.500. The van der Waals surface area contributed by atoms with Crippen molar-refractivity contribution in [3.05, 3.63) is 36.4 Å². The highest BCUT2D eigenvalue weighted by molar-refractivity contribution is 5.82. The van der Waals surface area contributed by atoms with E-state index >= 15 is 0 Å². The minimum Gasteiger partial charge on any atom is -0.530 e. The minimum atomic E-state index is -1.31. The molecule has 3 nitrogen and oxygen atoms in total. The largest absolute Gasteiger partial charge is 0.530 e. The average Bonchev–Trinajstić information content (AvgIpc) is 2.03. The monoisotopic (exact) mass is 176 g/mol. The lowest BCUT2D eigenvalue weighted by Crippen LogP contribution is -2.28. The van der Waals surface area contributed by atoms with Crippen molar-refractivity contribution in [1.82, 2.24) is 0 Å². The molecule has 0 aliphatic heterocycles. The number of anilines is 1. The molecule has 1 aromatic carbocycles. The molecule has 0 unspecified atom stereocenters. The molecule has 0 aromatic heterocycles. The number of rotatable bonds is 2. The lowest BCUT2D eigenvalue weighted by Gasteiger charge is -2.07. The zero-order valence-corrected chi connectivity index (χ0v) is 7.33. The first-order chi connectivity index (χ1) is 6.09. The van der Waals surface area contributed by atoms with E-state index in [0.29, 0.717) is 5.69 Å². The van der Waals surface area contributed by atoms with E-state index in [1.165, 1.54) is 0 Å². The van der Waals surface area contributed by atoms with Crippen molar-refractivity contribution in [3.63, 3.8) is 0 Å². The Balaban J connectivity index is 2.91. The Morgan fingerprint density at radius 1 is 1.54 bits per heavy atom. The molecular formula is C10H10NO2-. The Bertz CT molecular complexity index is 345. The van der Waals surface area contributed by atoms with Gasteiger partial charge in [0.05, 0.1) is 0 Å². The van der Waals surface area contributed by atoms with Gasteiger partial charge in [0, 0.05) is 5.69 Å². The van der Waals surface area contributed by atoms with Crippen LogP contribution in [0, 0.1) is 0 Å². The molecule has 0 spiro atoms. The van der Waals surface area contributed by atoms with Gasteiger partial charge in [-0.2, -0.15) is 0 Å². The molecule has 1 rings (SSSR count). The van der Waals surface area contributed by atoms with Gasteiger partial charge in [0.2, 0.25) is 0 Å². The molecule has 0 saturated carbocycles. The number of amides is 1. The van der Waals surface area contributed by atoms with Gasteiger partial charge in [0.1, 0.15) is 6.09 Å². The third-order valence-corrected chi connectivity index (χ3v) is 1.60. The van der Waals surface area contributed by atoms with Gasteiger partial charge in [0.25, 0.3) is 0 Å². The maximum atomic E-state index is 10.2. The summed E-state index contributed by atoms with van der Waals surface area (Å²) in [5, 5.41) is 12.4. The molecule has 0 saturated heterocycles. The fourth-order valence-electron chi connectivity index (χ4n) is 0.980. The third kappa shape index (κ3) is 2.63. The van der Waals surface area contributed by atoms with E-state index in [-0.39, 0.29) is 0 Å². The molecular weight excluding hydrogens is 166 g/mol. The van der Waals surface area contributed by atoms with Crippen LogP contribution < -0.4 is 10.4 Å². The van der Waals surface area contributed by atoms with Crippen LogP contribution in [0.5, 0.6) is 0 Å². The van der Waals surface area contributed by atoms with E-state index in [0.717, 1.165) is 11.1 Å². The van der Waals surface area contributed by atoms with E-state index in [9.17, 15) is 9.90 Å². The molecule has 1 aromatic rings. The van der Waals surface area contributed by atoms with E-state index < -0.39 is 6.09 Å². The number of hydrogen-bond acceptors (Lipinski definition) is 2. The molecule has 1 amide bonds. The highest BCUT2D eigenvalue weighted by Crippen LogP contribution is 2.16. The summed E-state index contributed by atoms with van der Waals surface area (Å²) in [6.07, 6.45) is -1.31. The molecule has 0 heterocycles. The van der Waals surface area contributed by atoms with Crippen molar-refractivity contribution in [1.29, 1.82) is 0 Å². The van der Waals surface area contributed by atoms with Gasteiger partial charge in [-0.3, -0.25) is 0 Å². The van der Waals surface area contributed by atoms with Gasteiger partial charge in [-0.15, -0.1) is 0 Å². The number of carbonyl (C=O) groups excluding carboxylic acids is 1. The van der Waals surface area contributed by atoms with Gasteiger partial charge in [-0.05, 0) is 24.6 Å². The first-order valence-electron chi connectivity index (χ1n) is 3.83. The second kappa shape index (κ2) is 3.76. The van der Waals surface area contributed by atoms with E-state index in [1.54, 1.807) is 18.2 Å². The fourth-order valence-corrected chi connectivity index (χ4v) is 0.980. The maximum Gasteiger partial charge on any atom is 0.138 e. The normalized spacial score (nSPS) is 9.31. The third-order valence-electron chi connectivity index (χ3n) is 1.60. The molecule has 0 aliphatic rings. The number of allylic oxidation sites excluding steroid dienone is 1. The quantitative estimate of drug-likeness (QED) is 0.741. The zero-order chi connectivity index (χ0) is 9.84. The molecule has 13 heavy (non-hydrogen) atoms. The molecule has 68 valence electrons. The Labute approximate surface area is 76.7 Å². The van der Waals surface area contributed by atoms with Crippen LogP contribution in [0.3, 0.4) is 0 Å². The van der Waals surface area contributed by atoms with E-state index in [4.69, 9.17) is 0 Å². The predicted octanol–water partition coefficient (Wildman–Crippen LogP) is 1.47. The summed E-state index contributed by atoms with van der Waals surface area (Å²) in [6, 6.07) is 6.98. The predicted molar refractivity (Wildman–Crippen MR) is 50.2 cm³/mol. The zero-order valence-electron chi connectivity index (χ0n) is 7.33. The average molecular weight is 176 g/mol. The number of carbonyl (C=O) groups is 1. The van der Waals surface area contributed by atoms with Crippen LogP contribution in [0.15, 0.2) is 30.8 Å². The second-order valence-corrected chi connectivity index (χ2v) is 2.77. The van der Waals surface area contributed by atoms with Crippen LogP contribution >= 0.6 is 0 Å². The number of carboxylic acid groups (broad SMARTS) is 1. The Kier molecular flexibility index (Phi) is 2.69. The fraction of sp³-hybridized carbons (Fsp3) is 0.100. The number of nitrogens with one attached hydrogen (secondary N) is 1. The van der Waals surface area contributed by atoms with Crippen LogP contribution in [0.4, 0.5) is 10.5 Å². The van der Waals surface area contributed by atoms with E-state index in [2.05, 4.69) is 11.9 Å². The highest BCUT2D eigenvalue weighted by atomic mass is 16.4. The van der Waals surface area contributed by atoms with Gasteiger partial charge < -0.3 is 15.2 Å². The van der Waals surface area contributed by atoms with Crippen molar-refractivity contribution in [3.8, 4) is 0 Å². The summed E-state index contributed by atoms with van der Waals surface area (Å²) in [5.41, 5.74) is 2.30. The summed E-state index contributed by atoms with van der Waals surface area (Å²) in [6.45, 7) is 5.61. The molecule has 0 bridgehead atoms. The lowest BCUT2D eigenvalue weighted by atomic mass is 10.1. The van der Waals surface area contributed by atoms with Crippen molar-refractivity contribution < 1.29 is 9.90 Å². The van der Waals surface area contributed by atoms with Gasteiger partial charge in [0.15, 0.2) is 0 Å². The summed E-state index contributed by atoms with van der Waals surface area (Å²) in [5.74, 6) is 0. The molecule has 0 fully saturated rings. The summed E-state index contributed by atoms with van der Waals surface area (Å²) in [7, 11) is 0. The standard InChI is InChI=1S/C10H11NO2/c1-7(2)8-4-3-5-9(6-8)11-10(12)13/h3-6,11H,1H2,2H3,(H,12,13)/p-1. The SMILES string of the molecule is C=C(C)c1cccc(NC(=O)[O-])c1. The lowest BCUT2D eigenvalue weighted by molar-refractivity contribution is -0.242. The Morgan fingerprint density at radius 3 is 2.77 bits per heavy atom.